The Kier molecular flexibility index (Phi) is 8.89. The Morgan fingerprint density at radius 3 is 2.33 bits per heavy atom. The zero-order valence-corrected chi connectivity index (χ0v) is 24.1. The van der Waals surface area contributed by atoms with Gasteiger partial charge in [-0.2, -0.15) is 0 Å². The predicted octanol–water partition coefficient (Wildman–Crippen LogP) is 5.09. The Bertz CT molecular complexity index is 1570. The monoisotopic (exact) mass is 590 g/mol. The van der Waals surface area contributed by atoms with E-state index in [4.69, 9.17) is 19.2 Å². The van der Waals surface area contributed by atoms with E-state index >= 15 is 8.78 Å². The van der Waals surface area contributed by atoms with Crippen molar-refractivity contribution in [1.82, 2.24) is 4.90 Å². The van der Waals surface area contributed by atoms with Crippen molar-refractivity contribution in [3.63, 3.8) is 0 Å². The number of fused-ring (bicyclic) bond motifs is 1. The van der Waals surface area contributed by atoms with E-state index in [0.29, 0.717) is 37.3 Å². The van der Waals surface area contributed by atoms with Crippen LogP contribution in [0.1, 0.15) is 23.6 Å². The summed E-state index contributed by atoms with van der Waals surface area (Å²) in [5.74, 6) is -1.31. The van der Waals surface area contributed by atoms with Crippen LogP contribution in [-0.2, 0) is 19.1 Å². The average molecular weight is 591 g/mol. The normalized spacial score (nSPS) is 16.5. The van der Waals surface area contributed by atoms with Gasteiger partial charge < -0.3 is 28.9 Å². The smallest absolute Gasteiger partial charge is 0.330 e. The lowest BCUT2D eigenvalue weighted by Crippen LogP contribution is -2.55. The van der Waals surface area contributed by atoms with E-state index in [1.165, 1.54) is 50.6 Å². The van der Waals surface area contributed by atoms with Crippen molar-refractivity contribution in [2.75, 3.05) is 57.3 Å². The molecule has 9 nitrogen and oxygen atoms in total. The van der Waals surface area contributed by atoms with Crippen LogP contribution in [0.2, 0.25) is 0 Å². The number of carbonyl (C=O) groups is 2. The minimum Gasteiger partial charge on any atom is -0.497 e. The molecule has 0 aromatic heterocycles. The van der Waals surface area contributed by atoms with Crippen molar-refractivity contribution in [3.8, 4) is 5.75 Å². The molecule has 1 fully saturated rings. The molecule has 0 N–H and O–H groups in total. The Morgan fingerprint density at radius 2 is 1.60 bits per heavy atom. The maximum atomic E-state index is 15.9. The molecular weight excluding hydrogens is 558 g/mol. The first-order valence-corrected chi connectivity index (χ1v) is 13.8. The van der Waals surface area contributed by atoms with Gasteiger partial charge in [-0.05, 0) is 30.3 Å². The van der Waals surface area contributed by atoms with Gasteiger partial charge in [-0.15, -0.1) is 0 Å². The van der Waals surface area contributed by atoms with Crippen LogP contribution in [0.5, 0.6) is 5.75 Å². The molecule has 1 saturated heterocycles. The van der Waals surface area contributed by atoms with Gasteiger partial charge in [0.25, 0.3) is 0 Å². The number of guanidine groups is 1. The maximum absolute atomic E-state index is 15.9. The third-order valence-electron chi connectivity index (χ3n) is 7.54. The lowest BCUT2D eigenvalue weighted by molar-refractivity contribution is -0.141. The molecule has 0 radical (unpaired) electrons. The Morgan fingerprint density at radius 1 is 0.907 bits per heavy atom. The number of para-hydroxylation sites is 2. The summed E-state index contributed by atoms with van der Waals surface area (Å²) < 4.78 is 46.3. The molecule has 1 unspecified atom stereocenters. The minimum absolute atomic E-state index is 0.0837. The number of hydrogen-bond acceptors (Lipinski definition) is 9. The SMILES string of the molecule is COC(=O)/C=C/c1cccc(F)c1N1C(N2CCN(c3cccc(OC)c3)CC2)=Nc2c(F)cccc2C1CC(=O)OC. The van der Waals surface area contributed by atoms with Gasteiger partial charge >= 0.3 is 11.9 Å². The molecule has 3 aromatic rings. The largest absolute Gasteiger partial charge is 0.497 e. The fourth-order valence-corrected chi connectivity index (χ4v) is 5.39. The summed E-state index contributed by atoms with van der Waals surface area (Å²) in [4.78, 5) is 35.2. The van der Waals surface area contributed by atoms with Gasteiger partial charge in [0.15, 0.2) is 0 Å². The number of methoxy groups -OCH3 is 3. The molecule has 0 aliphatic carbocycles. The molecule has 1 atom stereocenters. The zero-order valence-electron chi connectivity index (χ0n) is 24.1. The summed E-state index contributed by atoms with van der Waals surface area (Å²) in [6.45, 7) is 2.14. The molecule has 2 aliphatic heterocycles. The van der Waals surface area contributed by atoms with Gasteiger partial charge in [-0.25, -0.2) is 18.6 Å². The van der Waals surface area contributed by atoms with Crippen molar-refractivity contribution < 1.29 is 32.6 Å². The number of anilines is 2. The molecule has 0 spiro atoms. The Hall–Kier alpha value is -4.93. The fourth-order valence-electron chi connectivity index (χ4n) is 5.39. The first kappa shape index (κ1) is 29.6. The standard InChI is InChI=1S/C32H32F2N4O5/c1-41-23-9-5-8-22(19-23)36-15-17-37(18-16-36)32-35-30-24(10-6-11-25(30)33)27(20-29(40)43-3)38(32)31-21(7-4-12-26(31)34)13-14-28(39)42-2/h4-14,19,27H,15-18,20H2,1-3H3/b14-13+. The van der Waals surface area contributed by atoms with Gasteiger partial charge in [-0.3, -0.25) is 4.79 Å². The highest BCUT2D eigenvalue weighted by molar-refractivity contribution is 6.03. The molecule has 2 aliphatic rings. The van der Waals surface area contributed by atoms with Gasteiger partial charge in [-0.1, -0.05) is 30.3 Å². The first-order valence-electron chi connectivity index (χ1n) is 13.8. The molecule has 0 saturated carbocycles. The number of aliphatic imine (C=N–C) groups is 1. The van der Waals surface area contributed by atoms with Crippen LogP contribution in [0.15, 0.2) is 71.7 Å². The van der Waals surface area contributed by atoms with Crippen LogP contribution in [0.25, 0.3) is 6.08 Å². The van der Waals surface area contributed by atoms with E-state index in [9.17, 15) is 9.59 Å². The highest BCUT2D eigenvalue weighted by Crippen LogP contribution is 2.44. The first-order chi connectivity index (χ1) is 20.8. The number of piperazine rings is 1. The summed E-state index contributed by atoms with van der Waals surface area (Å²) in [6.07, 6.45) is 2.43. The van der Waals surface area contributed by atoms with Gasteiger partial charge in [0, 0.05) is 55.1 Å². The topological polar surface area (TPSA) is 83.9 Å². The van der Waals surface area contributed by atoms with Crippen LogP contribution >= 0.6 is 0 Å². The molecule has 0 bridgehead atoms. The summed E-state index contributed by atoms with van der Waals surface area (Å²) in [5.41, 5.74) is 1.92. The van der Waals surface area contributed by atoms with Crippen LogP contribution in [0.4, 0.5) is 25.8 Å². The second kappa shape index (κ2) is 12.9. The summed E-state index contributed by atoms with van der Waals surface area (Å²) in [5, 5.41) is 0. The zero-order chi connectivity index (χ0) is 30.5. The highest BCUT2D eigenvalue weighted by Gasteiger charge is 2.39. The minimum atomic E-state index is -0.857. The average Bonchev–Trinajstić information content (AvgIpc) is 3.04. The quantitative estimate of drug-likeness (QED) is 0.278. The number of rotatable bonds is 7. The van der Waals surface area contributed by atoms with E-state index < -0.39 is 29.6 Å². The van der Waals surface area contributed by atoms with Crippen LogP contribution in [0, 0.1) is 11.6 Å². The van der Waals surface area contributed by atoms with E-state index in [1.54, 1.807) is 24.1 Å². The predicted molar refractivity (Wildman–Crippen MR) is 160 cm³/mol. The van der Waals surface area contributed by atoms with E-state index in [2.05, 4.69) is 4.90 Å². The van der Waals surface area contributed by atoms with Crippen LogP contribution in [-0.4, -0.2) is 70.3 Å². The molecule has 43 heavy (non-hydrogen) atoms. The second-order valence-corrected chi connectivity index (χ2v) is 9.97. The van der Waals surface area contributed by atoms with Crippen molar-refractivity contribution in [2.45, 2.75) is 12.5 Å². The third-order valence-corrected chi connectivity index (χ3v) is 7.54. The third kappa shape index (κ3) is 6.15. The van der Waals surface area contributed by atoms with Crippen molar-refractivity contribution >= 4 is 41.0 Å². The number of carbonyl (C=O) groups excluding carboxylic acids is 2. The number of ether oxygens (including phenoxy) is 3. The highest BCUT2D eigenvalue weighted by atomic mass is 19.1. The van der Waals surface area contributed by atoms with Crippen molar-refractivity contribution in [1.29, 1.82) is 0 Å². The second-order valence-electron chi connectivity index (χ2n) is 9.97. The maximum Gasteiger partial charge on any atom is 0.330 e. The van der Waals surface area contributed by atoms with Crippen LogP contribution in [0.3, 0.4) is 0 Å². The number of esters is 2. The number of hydrogen-bond donors (Lipinski definition) is 0. The fraction of sp³-hybridized carbons (Fsp3) is 0.281. The van der Waals surface area contributed by atoms with Gasteiger partial charge in [0.05, 0.1) is 39.5 Å². The summed E-state index contributed by atoms with van der Waals surface area (Å²) in [6, 6.07) is 15.9. The summed E-state index contributed by atoms with van der Waals surface area (Å²) >= 11 is 0. The summed E-state index contributed by atoms with van der Waals surface area (Å²) in [7, 11) is 4.13. The van der Waals surface area contributed by atoms with E-state index in [-0.39, 0.29) is 23.8 Å². The molecule has 0 amide bonds. The van der Waals surface area contributed by atoms with Crippen molar-refractivity contribution in [2.24, 2.45) is 4.99 Å². The number of halogens is 2. The molecule has 224 valence electrons. The Balaban J connectivity index is 1.61. The number of benzene rings is 3. The van der Waals surface area contributed by atoms with Gasteiger partial charge in [0.2, 0.25) is 5.96 Å². The van der Waals surface area contributed by atoms with E-state index in [1.807, 2.05) is 29.2 Å². The van der Waals surface area contributed by atoms with Crippen LogP contribution < -0.4 is 14.5 Å². The number of nitrogens with zero attached hydrogens (tertiary/aromatic N) is 4. The molecule has 2 heterocycles. The van der Waals surface area contributed by atoms with Crippen molar-refractivity contribution in [3.05, 3.63) is 89.5 Å². The lowest BCUT2D eigenvalue weighted by atomic mass is 9.96. The molecular formula is C32H32F2N4O5. The Labute approximate surface area is 248 Å². The molecule has 3 aromatic carbocycles. The lowest BCUT2D eigenvalue weighted by Gasteiger charge is -2.45. The molecule has 5 rings (SSSR count). The van der Waals surface area contributed by atoms with E-state index in [0.717, 1.165) is 11.4 Å². The van der Waals surface area contributed by atoms with Gasteiger partial charge in [0.1, 0.15) is 23.1 Å². The molecule has 11 heteroatoms.